The standard InChI is InChI=1S/C14H26N2O/c1-2-10-16(11-12-5-6-12)14(17)8-7-13-4-3-9-15-13/h12-13,15H,2-11H2,1H3. The molecule has 0 aromatic heterocycles. The van der Waals surface area contributed by atoms with Crippen LogP contribution in [0.1, 0.15) is 51.9 Å². The maximum Gasteiger partial charge on any atom is 0.222 e. The zero-order chi connectivity index (χ0) is 12.1. The van der Waals surface area contributed by atoms with Crippen molar-refractivity contribution in [3.8, 4) is 0 Å². The van der Waals surface area contributed by atoms with Crippen LogP contribution < -0.4 is 5.32 Å². The molecule has 2 fully saturated rings. The van der Waals surface area contributed by atoms with E-state index >= 15 is 0 Å². The van der Waals surface area contributed by atoms with Gasteiger partial charge in [0, 0.05) is 25.6 Å². The van der Waals surface area contributed by atoms with Crippen molar-refractivity contribution in [1.82, 2.24) is 10.2 Å². The molecule has 1 amide bonds. The largest absolute Gasteiger partial charge is 0.342 e. The van der Waals surface area contributed by atoms with Crippen LogP contribution in [0.4, 0.5) is 0 Å². The molecule has 0 aromatic rings. The van der Waals surface area contributed by atoms with Gasteiger partial charge in [-0.3, -0.25) is 4.79 Å². The highest BCUT2D eigenvalue weighted by Crippen LogP contribution is 2.30. The highest BCUT2D eigenvalue weighted by Gasteiger charge is 2.26. The van der Waals surface area contributed by atoms with Crippen LogP contribution >= 0.6 is 0 Å². The Hall–Kier alpha value is -0.570. The van der Waals surface area contributed by atoms with Gasteiger partial charge in [0.15, 0.2) is 0 Å². The van der Waals surface area contributed by atoms with Crippen LogP contribution in [0.15, 0.2) is 0 Å². The van der Waals surface area contributed by atoms with E-state index in [0.29, 0.717) is 11.9 Å². The van der Waals surface area contributed by atoms with Crippen LogP contribution in [-0.4, -0.2) is 36.5 Å². The molecule has 1 saturated heterocycles. The highest BCUT2D eigenvalue weighted by atomic mass is 16.2. The van der Waals surface area contributed by atoms with E-state index in [0.717, 1.165) is 44.8 Å². The van der Waals surface area contributed by atoms with Gasteiger partial charge in [0.05, 0.1) is 0 Å². The molecule has 0 bridgehead atoms. The van der Waals surface area contributed by atoms with Crippen molar-refractivity contribution < 1.29 is 4.79 Å². The van der Waals surface area contributed by atoms with Gasteiger partial charge < -0.3 is 10.2 Å². The summed E-state index contributed by atoms with van der Waals surface area (Å²) >= 11 is 0. The Bertz CT molecular complexity index is 245. The third-order valence-electron chi connectivity index (χ3n) is 3.89. The third-order valence-corrected chi connectivity index (χ3v) is 3.89. The average Bonchev–Trinajstić information content (AvgIpc) is 2.99. The summed E-state index contributed by atoms with van der Waals surface area (Å²) in [6.07, 6.45) is 8.05. The first-order valence-corrected chi connectivity index (χ1v) is 7.30. The predicted molar refractivity (Wildman–Crippen MR) is 69.9 cm³/mol. The van der Waals surface area contributed by atoms with Crippen molar-refractivity contribution in [2.45, 2.75) is 57.9 Å². The Labute approximate surface area is 105 Å². The maximum absolute atomic E-state index is 12.2. The fraction of sp³-hybridized carbons (Fsp3) is 0.929. The number of rotatable bonds is 7. The smallest absolute Gasteiger partial charge is 0.222 e. The first kappa shape index (κ1) is 12.9. The Morgan fingerprint density at radius 2 is 2.18 bits per heavy atom. The van der Waals surface area contributed by atoms with Gasteiger partial charge in [0.2, 0.25) is 5.91 Å². The monoisotopic (exact) mass is 238 g/mol. The Balaban J connectivity index is 1.69. The molecule has 0 radical (unpaired) electrons. The first-order chi connectivity index (χ1) is 8.29. The van der Waals surface area contributed by atoms with Gasteiger partial charge in [0.25, 0.3) is 0 Å². The first-order valence-electron chi connectivity index (χ1n) is 7.30. The van der Waals surface area contributed by atoms with Crippen molar-refractivity contribution in [2.75, 3.05) is 19.6 Å². The molecule has 1 saturated carbocycles. The number of nitrogens with zero attached hydrogens (tertiary/aromatic N) is 1. The second kappa shape index (κ2) is 6.39. The van der Waals surface area contributed by atoms with Crippen LogP contribution in [0.2, 0.25) is 0 Å². The fourth-order valence-corrected chi connectivity index (χ4v) is 2.66. The minimum Gasteiger partial charge on any atom is -0.342 e. The maximum atomic E-state index is 12.2. The molecule has 3 nitrogen and oxygen atoms in total. The Kier molecular flexibility index (Phi) is 4.84. The summed E-state index contributed by atoms with van der Waals surface area (Å²) in [5.41, 5.74) is 0. The lowest BCUT2D eigenvalue weighted by atomic mass is 10.1. The molecule has 0 spiro atoms. The number of carbonyl (C=O) groups excluding carboxylic acids is 1. The highest BCUT2D eigenvalue weighted by molar-refractivity contribution is 5.76. The molecular formula is C14H26N2O. The lowest BCUT2D eigenvalue weighted by Gasteiger charge is -2.22. The molecule has 0 aromatic carbocycles. The molecule has 1 aliphatic heterocycles. The summed E-state index contributed by atoms with van der Waals surface area (Å²) in [6.45, 7) is 5.27. The molecule has 1 aliphatic carbocycles. The average molecular weight is 238 g/mol. The lowest BCUT2D eigenvalue weighted by molar-refractivity contribution is -0.131. The predicted octanol–water partition coefficient (Wildman–Crippen LogP) is 2.17. The molecule has 1 atom stereocenters. The van der Waals surface area contributed by atoms with E-state index in [9.17, 15) is 4.79 Å². The SMILES string of the molecule is CCCN(CC1CC1)C(=O)CCC1CCCN1. The zero-order valence-electron chi connectivity index (χ0n) is 11.1. The van der Waals surface area contributed by atoms with E-state index in [1.165, 1.54) is 25.7 Å². The van der Waals surface area contributed by atoms with Crippen molar-refractivity contribution in [1.29, 1.82) is 0 Å². The number of nitrogens with one attached hydrogen (secondary N) is 1. The minimum absolute atomic E-state index is 0.382. The zero-order valence-corrected chi connectivity index (χ0v) is 11.1. The molecule has 2 aliphatic rings. The second-order valence-electron chi connectivity index (χ2n) is 5.62. The van der Waals surface area contributed by atoms with Gasteiger partial charge in [-0.2, -0.15) is 0 Å². The number of hydrogen-bond acceptors (Lipinski definition) is 2. The van der Waals surface area contributed by atoms with E-state index in [2.05, 4.69) is 17.1 Å². The molecule has 1 N–H and O–H groups in total. The number of hydrogen-bond donors (Lipinski definition) is 1. The van der Waals surface area contributed by atoms with Gasteiger partial charge in [-0.1, -0.05) is 6.92 Å². The molecule has 17 heavy (non-hydrogen) atoms. The molecule has 1 unspecified atom stereocenters. The molecule has 3 heteroatoms. The summed E-state index contributed by atoms with van der Waals surface area (Å²) in [5.74, 6) is 1.20. The van der Waals surface area contributed by atoms with E-state index < -0.39 is 0 Å². The molecular weight excluding hydrogens is 212 g/mol. The minimum atomic E-state index is 0.382. The van der Waals surface area contributed by atoms with Crippen molar-refractivity contribution >= 4 is 5.91 Å². The summed E-state index contributed by atoms with van der Waals surface area (Å²) in [7, 11) is 0. The van der Waals surface area contributed by atoms with Crippen LogP contribution in [0.3, 0.4) is 0 Å². The summed E-state index contributed by atoms with van der Waals surface area (Å²) < 4.78 is 0. The van der Waals surface area contributed by atoms with Gasteiger partial charge >= 0.3 is 0 Å². The van der Waals surface area contributed by atoms with Crippen molar-refractivity contribution in [3.05, 3.63) is 0 Å². The molecule has 2 rings (SSSR count). The Morgan fingerprint density at radius 3 is 2.76 bits per heavy atom. The summed E-state index contributed by atoms with van der Waals surface area (Å²) in [6, 6.07) is 0.600. The van der Waals surface area contributed by atoms with Gasteiger partial charge in [-0.25, -0.2) is 0 Å². The third kappa shape index (κ3) is 4.30. The molecule has 1 heterocycles. The van der Waals surface area contributed by atoms with Crippen molar-refractivity contribution in [3.63, 3.8) is 0 Å². The topological polar surface area (TPSA) is 32.3 Å². The van der Waals surface area contributed by atoms with Crippen LogP contribution in [-0.2, 0) is 4.79 Å². The van der Waals surface area contributed by atoms with E-state index in [1.54, 1.807) is 0 Å². The lowest BCUT2D eigenvalue weighted by Crippen LogP contribution is -2.34. The second-order valence-corrected chi connectivity index (χ2v) is 5.62. The van der Waals surface area contributed by atoms with Crippen LogP contribution in [0.5, 0.6) is 0 Å². The molecule has 98 valence electrons. The Morgan fingerprint density at radius 1 is 1.35 bits per heavy atom. The van der Waals surface area contributed by atoms with Crippen LogP contribution in [0, 0.1) is 5.92 Å². The summed E-state index contributed by atoms with van der Waals surface area (Å²) in [5, 5.41) is 3.47. The van der Waals surface area contributed by atoms with E-state index in [4.69, 9.17) is 0 Å². The van der Waals surface area contributed by atoms with E-state index in [1.807, 2.05) is 0 Å². The quantitative estimate of drug-likeness (QED) is 0.737. The number of amides is 1. The summed E-state index contributed by atoms with van der Waals surface area (Å²) in [4.78, 5) is 14.3. The van der Waals surface area contributed by atoms with Gasteiger partial charge in [-0.05, 0) is 51.0 Å². The van der Waals surface area contributed by atoms with E-state index in [-0.39, 0.29) is 0 Å². The van der Waals surface area contributed by atoms with Gasteiger partial charge in [0.1, 0.15) is 0 Å². The normalized spacial score (nSPS) is 23.9. The van der Waals surface area contributed by atoms with Gasteiger partial charge in [-0.15, -0.1) is 0 Å². The fourth-order valence-electron chi connectivity index (χ4n) is 2.66. The van der Waals surface area contributed by atoms with Crippen LogP contribution in [0.25, 0.3) is 0 Å². The number of carbonyl (C=O) groups is 1. The van der Waals surface area contributed by atoms with Crippen molar-refractivity contribution in [2.24, 2.45) is 5.92 Å².